The van der Waals surface area contributed by atoms with Crippen LogP contribution in [-0.2, 0) is 6.18 Å². The van der Waals surface area contributed by atoms with E-state index in [1.807, 2.05) is 27.7 Å². The molecule has 2 rings (SSSR count). The zero-order valence-corrected chi connectivity index (χ0v) is 24.5. The summed E-state index contributed by atoms with van der Waals surface area (Å²) < 4.78 is 45.4. The lowest BCUT2D eigenvalue weighted by Gasteiger charge is -2.27. The van der Waals surface area contributed by atoms with Crippen LogP contribution in [0.1, 0.15) is 97.6 Å². The second-order valence-corrected chi connectivity index (χ2v) is 13.9. The second kappa shape index (κ2) is 13.4. The van der Waals surface area contributed by atoms with Gasteiger partial charge in [-0.15, -0.1) is 11.8 Å². The van der Waals surface area contributed by atoms with E-state index >= 15 is 0 Å². The summed E-state index contributed by atoms with van der Waals surface area (Å²) in [5.41, 5.74) is 5.46. The van der Waals surface area contributed by atoms with Crippen molar-refractivity contribution in [3.05, 3.63) is 35.0 Å². The molecule has 212 valence electrons. The van der Waals surface area contributed by atoms with Crippen molar-refractivity contribution < 1.29 is 23.4 Å². The van der Waals surface area contributed by atoms with Crippen molar-refractivity contribution in [2.45, 2.75) is 120 Å². The van der Waals surface area contributed by atoms with E-state index in [1.165, 1.54) is 30.3 Å². The van der Waals surface area contributed by atoms with Gasteiger partial charge in [0.25, 0.3) is 0 Å². The molecule has 10 heteroatoms. The van der Waals surface area contributed by atoms with Crippen LogP contribution in [-0.4, -0.2) is 33.0 Å². The minimum Gasteiger partial charge on any atom is -0.401 e. The lowest BCUT2D eigenvalue weighted by Crippen LogP contribution is -2.39. The molecule has 1 aromatic carbocycles. The zero-order chi connectivity index (χ0) is 28.0. The second-order valence-electron chi connectivity index (χ2n) is 11.7. The average Bonchev–Trinajstić information content (AvgIpc) is 2.74. The molecule has 1 aliphatic rings. The summed E-state index contributed by atoms with van der Waals surface area (Å²) in [5, 5.41) is 23.0. The van der Waals surface area contributed by atoms with Gasteiger partial charge >= 0.3 is 6.18 Å². The number of halogens is 3. The quantitative estimate of drug-likeness (QED) is 0.149. The normalized spacial score (nSPS) is 18.5. The van der Waals surface area contributed by atoms with E-state index in [1.54, 1.807) is 19.9 Å². The molecule has 0 bridgehead atoms. The summed E-state index contributed by atoms with van der Waals surface area (Å²) in [4.78, 5) is 0.694. The molecular formula is C27H44F3N3O2S2. The Morgan fingerprint density at radius 3 is 2.27 bits per heavy atom. The van der Waals surface area contributed by atoms with E-state index in [2.05, 4.69) is 10.0 Å². The molecule has 1 aliphatic carbocycles. The molecule has 0 spiro atoms. The molecule has 6 N–H and O–H groups in total. The Morgan fingerprint density at radius 2 is 1.73 bits per heavy atom. The largest absolute Gasteiger partial charge is 0.417 e. The van der Waals surface area contributed by atoms with E-state index < -0.39 is 23.6 Å². The van der Waals surface area contributed by atoms with E-state index in [-0.39, 0.29) is 22.2 Å². The molecule has 0 heterocycles. The highest BCUT2D eigenvalue weighted by molar-refractivity contribution is 8.08. The first-order valence-electron chi connectivity index (χ1n) is 12.9. The van der Waals surface area contributed by atoms with Gasteiger partial charge in [0, 0.05) is 27.5 Å². The van der Waals surface area contributed by atoms with Gasteiger partial charge in [-0.05, 0) is 83.5 Å². The first-order chi connectivity index (χ1) is 16.9. The third kappa shape index (κ3) is 11.8. The Hall–Kier alpha value is -0.910. The maximum Gasteiger partial charge on any atom is 0.417 e. The number of nitrogens with two attached hydrogens (primary N) is 1. The Balaban J connectivity index is 2.41. The summed E-state index contributed by atoms with van der Waals surface area (Å²) in [7, 11) is 0. The number of rotatable bonds is 11. The summed E-state index contributed by atoms with van der Waals surface area (Å²) >= 11 is 2.28. The molecule has 2 atom stereocenters. The number of benzene rings is 1. The minimum absolute atomic E-state index is 0.105. The molecule has 0 aromatic heterocycles. The highest BCUT2D eigenvalue weighted by atomic mass is 32.2. The Kier molecular flexibility index (Phi) is 11.7. The fourth-order valence-electron chi connectivity index (χ4n) is 4.33. The molecule has 1 fully saturated rings. The number of aliphatic hydroxyl groups is 2. The molecule has 2 unspecified atom stereocenters. The number of hydrogen-bond acceptors (Lipinski definition) is 7. The van der Waals surface area contributed by atoms with Crippen molar-refractivity contribution >= 4 is 28.6 Å². The molecule has 0 amide bonds. The summed E-state index contributed by atoms with van der Waals surface area (Å²) in [5.74, 6) is 0.418. The van der Waals surface area contributed by atoms with E-state index in [0.29, 0.717) is 28.5 Å². The number of hydrogen-bond donors (Lipinski definition) is 5. The molecule has 1 saturated carbocycles. The maximum atomic E-state index is 14.1. The first-order valence-corrected chi connectivity index (χ1v) is 14.6. The van der Waals surface area contributed by atoms with E-state index in [9.17, 15) is 23.4 Å². The Morgan fingerprint density at radius 1 is 1.11 bits per heavy atom. The maximum absolute atomic E-state index is 14.1. The van der Waals surface area contributed by atoms with Crippen molar-refractivity contribution in [1.82, 2.24) is 10.0 Å². The van der Waals surface area contributed by atoms with Gasteiger partial charge in [-0.3, -0.25) is 10.0 Å². The van der Waals surface area contributed by atoms with Crippen LogP contribution in [0.4, 0.5) is 13.2 Å². The number of nitrogens with one attached hydrogen (secondary N) is 2. The number of alkyl halides is 3. The van der Waals surface area contributed by atoms with Gasteiger partial charge in [0.2, 0.25) is 0 Å². The van der Waals surface area contributed by atoms with Gasteiger partial charge in [-0.1, -0.05) is 38.2 Å². The summed E-state index contributed by atoms with van der Waals surface area (Å²) in [6.07, 6.45) is 0.869. The fraction of sp³-hybridized carbons (Fsp3) is 0.704. The van der Waals surface area contributed by atoms with Crippen LogP contribution in [0.15, 0.2) is 28.8 Å². The predicted molar refractivity (Wildman–Crippen MR) is 150 cm³/mol. The van der Waals surface area contributed by atoms with Gasteiger partial charge in [0.1, 0.15) is 6.23 Å². The number of thioether (sulfide) groups is 1. The van der Waals surface area contributed by atoms with Gasteiger partial charge in [-0.25, -0.2) is 0 Å². The monoisotopic (exact) mass is 563 g/mol. The van der Waals surface area contributed by atoms with Crippen LogP contribution in [0.5, 0.6) is 0 Å². The molecule has 0 aliphatic heterocycles. The molecule has 0 radical (unpaired) electrons. The highest BCUT2D eigenvalue weighted by Gasteiger charge is 2.35. The van der Waals surface area contributed by atoms with E-state index in [0.717, 1.165) is 37.6 Å². The Labute approximate surface area is 228 Å². The molecule has 5 nitrogen and oxygen atoms in total. The van der Waals surface area contributed by atoms with Gasteiger partial charge in [0.05, 0.1) is 16.5 Å². The van der Waals surface area contributed by atoms with Crippen LogP contribution in [0.25, 0.3) is 4.91 Å². The summed E-state index contributed by atoms with van der Waals surface area (Å²) in [6, 6.07) is 4.37. The molecular weight excluding hydrogens is 519 g/mol. The molecule has 0 saturated heterocycles. The topological polar surface area (TPSA) is 90.5 Å². The van der Waals surface area contributed by atoms with Crippen molar-refractivity contribution in [2.75, 3.05) is 0 Å². The van der Waals surface area contributed by atoms with Crippen molar-refractivity contribution in [2.24, 2.45) is 11.7 Å². The van der Waals surface area contributed by atoms with Gasteiger partial charge in [-0.2, -0.15) is 13.2 Å². The van der Waals surface area contributed by atoms with Crippen molar-refractivity contribution in [3.63, 3.8) is 0 Å². The van der Waals surface area contributed by atoms with Crippen LogP contribution >= 0.6 is 23.7 Å². The van der Waals surface area contributed by atoms with Crippen LogP contribution in [0, 0.1) is 5.92 Å². The van der Waals surface area contributed by atoms with Crippen LogP contribution in [0.2, 0.25) is 0 Å². The fourth-order valence-corrected chi connectivity index (χ4v) is 6.24. The van der Waals surface area contributed by atoms with Crippen molar-refractivity contribution in [1.29, 1.82) is 0 Å². The standard InChI is InChI=1S/C27H44F3N3O2S2/c1-17(32-23(34)16-26(5,6)35)36-24(21(31)14-18-10-8-7-9-11-18)19-12-13-22(37-33-25(2,3)4)20(15-19)27(28,29)30/h12-13,15,17-18,23,32-35H,7-11,14,16,31H2,1-6H3/b24-21-. The Bertz CT molecular complexity index is 906. The lowest BCUT2D eigenvalue weighted by atomic mass is 9.86. The third-order valence-electron chi connectivity index (χ3n) is 5.95. The number of allylic oxidation sites excluding steroid dienone is 1. The lowest BCUT2D eigenvalue weighted by molar-refractivity contribution is -0.139. The van der Waals surface area contributed by atoms with Crippen LogP contribution in [0.3, 0.4) is 0 Å². The van der Waals surface area contributed by atoms with Gasteiger partial charge in [0.15, 0.2) is 0 Å². The predicted octanol–water partition coefficient (Wildman–Crippen LogP) is 6.85. The van der Waals surface area contributed by atoms with Gasteiger partial charge < -0.3 is 15.9 Å². The van der Waals surface area contributed by atoms with Crippen molar-refractivity contribution in [3.8, 4) is 0 Å². The zero-order valence-electron chi connectivity index (χ0n) is 22.8. The average molecular weight is 564 g/mol. The summed E-state index contributed by atoms with van der Waals surface area (Å²) in [6.45, 7) is 10.7. The highest BCUT2D eigenvalue weighted by Crippen LogP contribution is 2.42. The SMILES string of the molecule is CC(NC(O)CC(C)(C)O)S/C(=C(\N)CC1CCCCC1)c1ccc(SNC(C)(C)C)c(C(F)(F)F)c1. The molecule has 37 heavy (non-hydrogen) atoms. The molecule has 1 aromatic rings. The van der Waals surface area contributed by atoms with E-state index in [4.69, 9.17) is 5.73 Å². The van der Waals surface area contributed by atoms with Crippen LogP contribution < -0.4 is 15.8 Å². The third-order valence-corrected chi connectivity index (χ3v) is 8.47. The first kappa shape index (κ1) is 32.3. The smallest absolute Gasteiger partial charge is 0.401 e. The minimum atomic E-state index is -4.53. The number of aliphatic hydroxyl groups excluding tert-OH is 1.